The Bertz CT molecular complexity index is 974. The highest BCUT2D eigenvalue weighted by Crippen LogP contribution is 2.39. The third-order valence-electron chi connectivity index (χ3n) is 7.03. The summed E-state index contributed by atoms with van der Waals surface area (Å²) in [6, 6.07) is 19.1. The largest absolute Gasteiger partial charge is 0.419 e. The number of benzene rings is 2. The van der Waals surface area contributed by atoms with Crippen LogP contribution < -0.4 is 15.1 Å². The van der Waals surface area contributed by atoms with Gasteiger partial charge in [0.05, 0.1) is 25.2 Å². The molecular formula is C25H32N5O+. The number of hydrogen-bond donors (Lipinski definition) is 1. The molecule has 6 nitrogen and oxygen atoms in total. The summed E-state index contributed by atoms with van der Waals surface area (Å²) in [6.45, 7) is 9.30. The van der Waals surface area contributed by atoms with E-state index in [0.717, 1.165) is 56.0 Å². The molecule has 2 heterocycles. The molecule has 4 rings (SSSR count). The number of hydrogen-bond acceptors (Lipinski definition) is 4. The number of carbonyl (C=O) groups is 1. The van der Waals surface area contributed by atoms with Crippen LogP contribution in [0.1, 0.15) is 20.3 Å². The Labute approximate surface area is 185 Å². The number of piperazine rings is 1. The fourth-order valence-electron chi connectivity index (χ4n) is 5.37. The topological polar surface area (TPSA) is 73.4 Å². The molecule has 2 saturated heterocycles. The number of quaternary nitrogens is 1. The maximum atomic E-state index is 12.6. The van der Waals surface area contributed by atoms with Gasteiger partial charge < -0.3 is 10.6 Å². The number of nitrogens with zero attached hydrogens (tertiary/aromatic N) is 4. The van der Waals surface area contributed by atoms with E-state index in [9.17, 15) is 4.79 Å². The first-order valence-electron chi connectivity index (χ1n) is 11.2. The minimum Gasteiger partial charge on any atom is -0.369 e. The first-order chi connectivity index (χ1) is 14.9. The molecule has 0 bridgehead atoms. The summed E-state index contributed by atoms with van der Waals surface area (Å²) in [5.41, 5.74) is 10.4. The Morgan fingerprint density at radius 3 is 2.39 bits per heavy atom. The van der Waals surface area contributed by atoms with Crippen molar-refractivity contribution in [1.82, 2.24) is 9.38 Å². The van der Waals surface area contributed by atoms with E-state index in [0.29, 0.717) is 12.5 Å². The van der Waals surface area contributed by atoms with Crippen LogP contribution in [-0.2, 0) is 0 Å². The first kappa shape index (κ1) is 21.4. The fraction of sp³-hybridized carbons (Fsp3) is 0.440. The van der Waals surface area contributed by atoms with Gasteiger partial charge in [0.15, 0.2) is 0 Å². The lowest BCUT2D eigenvalue weighted by atomic mass is 10.0. The van der Waals surface area contributed by atoms with Crippen molar-refractivity contribution in [3.05, 3.63) is 48.5 Å². The van der Waals surface area contributed by atoms with E-state index < -0.39 is 0 Å². The molecule has 2 N–H and O–H groups in total. The van der Waals surface area contributed by atoms with Crippen LogP contribution in [0.3, 0.4) is 0 Å². The molecule has 0 radical (unpaired) electrons. The quantitative estimate of drug-likeness (QED) is 0.605. The Kier molecular flexibility index (Phi) is 5.99. The van der Waals surface area contributed by atoms with Crippen LogP contribution in [0.25, 0.3) is 11.1 Å². The molecule has 0 aliphatic carbocycles. The number of carbonyl (C=O) groups excluding carboxylic acids is 1. The number of rotatable bonds is 4. The van der Waals surface area contributed by atoms with E-state index in [-0.39, 0.29) is 16.6 Å². The second-order valence-corrected chi connectivity index (χ2v) is 9.10. The van der Waals surface area contributed by atoms with Crippen molar-refractivity contribution in [1.29, 1.82) is 5.26 Å². The summed E-state index contributed by atoms with van der Waals surface area (Å²) in [5, 5.41) is 8.87. The molecule has 2 amide bonds. The van der Waals surface area contributed by atoms with Crippen molar-refractivity contribution >= 4 is 17.4 Å². The van der Waals surface area contributed by atoms with Crippen LogP contribution in [0.15, 0.2) is 48.5 Å². The molecule has 0 spiro atoms. The van der Waals surface area contributed by atoms with Crippen molar-refractivity contribution in [3.63, 3.8) is 0 Å². The zero-order valence-electron chi connectivity index (χ0n) is 18.5. The van der Waals surface area contributed by atoms with Crippen LogP contribution in [0.2, 0.25) is 0 Å². The number of amides is 2. The fourth-order valence-corrected chi connectivity index (χ4v) is 5.37. The van der Waals surface area contributed by atoms with E-state index >= 15 is 0 Å². The lowest BCUT2D eigenvalue weighted by molar-refractivity contribution is 0.205. The van der Waals surface area contributed by atoms with E-state index in [1.54, 1.807) is 0 Å². The van der Waals surface area contributed by atoms with Crippen molar-refractivity contribution < 1.29 is 4.79 Å². The number of anilines is 1. The predicted octanol–water partition coefficient (Wildman–Crippen LogP) is 3.81. The molecule has 2 aromatic rings. The molecule has 0 saturated carbocycles. The van der Waals surface area contributed by atoms with Gasteiger partial charge in [0, 0.05) is 50.3 Å². The van der Waals surface area contributed by atoms with Crippen LogP contribution in [0.5, 0.6) is 0 Å². The minimum absolute atomic E-state index is 0.185. The standard InChI is InChI=1S/C25H31N5O/c1-19-16-20(2)30(18-19,25(27)31)24-5-3-4-22(17-24)21-6-8-23(9-7-21)29-14-12-28(11-10-26)13-15-29/h3-9,17,19-20H,11-16,18H2,1-2H3,(H-,27,31)/p+1/t19-,20?,30?/m0/s1. The van der Waals surface area contributed by atoms with E-state index in [1.807, 2.05) is 12.1 Å². The summed E-state index contributed by atoms with van der Waals surface area (Å²) in [5.74, 6) is 0.471. The summed E-state index contributed by atoms with van der Waals surface area (Å²) in [6.07, 6.45) is 1.00. The van der Waals surface area contributed by atoms with Crippen LogP contribution in [-0.4, -0.2) is 56.2 Å². The van der Waals surface area contributed by atoms with Gasteiger partial charge in [0.2, 0.25) is 0 Å². The average Bonchev–Trinajstić information content (AvgIpc) is 3.10. The van der Waals surface area contributed by atoms with Gasteiger partial charge in [0.1, 0.15) is 5.69 Å². The molecule has 2 aliphatic heterocycles. The Morgan fingerprint density at radius 1 is 1.10 bits per heavy atom. The van der Waals surface area contributed by atoms with Crippen molar-refractivity contribution in [2.24, 2.45) is 11.7 Å². The second-order valence-electron chi connectivity index (χ2n) is 9.10. The maximum Gasteiger partial charge on any atom is 0.419 e. The SMILES string of the molecule is CC1C[C@H](C)C[N+]1(C(N)=O)c1cccc(-c2ccc(N3CCN(CC#N)CC3)cc2)c1. The highest BCUT2D eigenvalue weighted by atomic mass is 16.2. The number of urea groups is 1. The molecule has 0 aromatic heterocycles. The number of nitrogens with two attached hydrogens (primary N) is 1. The first-order valence-corrected chi connectivity index (χ1v) is 11.2. The van der Waals surface area contributed by atoms with Gasteiger partial charge in [-0.2, -0.15) is 5.26 Å². The van der Waals surface area contributed by atoms with Gasteiger partial charge in [-0.25, -0.2) is 9.28 Å². The molecule has 31 heavy (non-hydrogen) atoms. The lowest BCUT2D eigenvalue weighted by Crippen LogP contribution is -2.59. The molecule has 162 valence electrons. The average molecular weight is 419 g/mol. The number of nitriles is 1. The van der Waals surface area contributed by atoms with E-state index in [4.69, 9.17) is 11.0 Å². The summed E-state index contributed by atoms with van der Waals surface area (Å²) in [4.78, 5) is 17.1. The molecule has 3 atom stereocenters. The maximum absolute atomic E-state index is 12.6. The van der Waals surface area contributed by atoms with Gasteiger partial charge in [-0.05, 0) is 36.2 Å². The summed E-state index contributed by atoms with van der Waals surface area (Å²) >= 11 is 0. The van der Waals surface area contributed by atoms with Gasteiger partial charge in [0.25, 0.3) is 0 Å². The van der Waals surface area contributed by atoms with Gasteiger partial charge >= 0.3 is 6.03 Å². The van der Waals surface area contributed by atoms with Crippen molar-refractivity contribution in [2.45, 2.75) is 26.3 Å². The molecule has 2 aliphatic rings. The Hall–Kier alpha value is -2.88. The molecule has 2 unspecified atom stereocenters. The van der Waals surface area contributed by atoms with Crippen molar-refractivity contribution in [2.75, 3.05) is 44.2 Å². The molecular weight excluding hydrogens is 386 g/mol. The third kappa shape index (κ3) is 4.04. The molecule has 2 aromatic carbocycles. The molecule has 6 heteroatoms. The highest BCUT2D eigenvalue weighted by Gasteiger charge is 2.49. The number of likely N-dealkylation sites (tertiary alicyclic amines) is 1. The number of primary amides is 1. The van der Waals surface area contributed by atoms with Crippen molar-refractivity contribution in [3.8, 4) is 17.2 Å². The van der Waals surface area contributed by atoms with Crippen LogP contribution >= 0.6 is 0 Å². The smallest absolute Gasteiger partial charge is 0.369 e. The van der Waals surface area contributed by atoms with Gasteiger partial charge in [-0.1, -0.05) is 31.2 Å². The monoisotopic (exact) mass is 418 g/mol. The zero-order valence-corrected chi connectivity index (χ0v) is 18.5. The lowest BCUT2D eigenvalue weighted by Gasteiger charge is -2.35. The second kappa shape index (κ2) is 8.70. The van der Waals surface area contributed by atoms with E-state index in [1.165, 1.54) is 5.69 Å². The summed E-state index contributed by atoms with van der Waals surface area (Å²) < 4.78 is 0.236. The van der Waals surface area contributed by atoms with E-state index in [2.05, 4.69) is 66.1 Å². The normalized spacial score (nSPS) is 26.5. The van der Waals surface area contributed by atoms with Gasteiger partial charge in [-0.15, -0.1) is 0 Å². The molecule has 2 fully saturated rings. The van der Waals surface area contributed by atoms with Gasteiger partial charge in [-0.3, -0.25) is 4.90 Å². The van der Waals surface area contributed by atoms with Crippen LogP contribution in [0, 0.1) is 17.2 Å². The third-order valence-corrected chi connectivity index (χ3v) is 7.03. The Morgan fingerprint density at radius 2 is 1.81 bits per heavy atom. The Balaban J connectivity index is 1.55. The highest BCUT2D eigenvalue weighted by molar-refractivity contribution is 5.88. The zero-order chi connectivity index (χ0) is 22.0. The minimum atomic E-state index is -0.264. The predicted molar refractivity (Wildman–Crippen MR) is 126 cm³/mol. The summed E-state index contributed by atoms with van der Waals surface area (Å²) in [7, 11) is 0. The van der Waals surface area contributed by atoms with Crippen LogP contribution in [0.4, 0.5) is 16.2 Å².